The zero-order valence-corrected chi connectivity index (χ0v) is 10.0. The molecule has 1 aromatic rings. The lowest BCUT2D eigenvalue weighted by atomic mass is 9.86. The van der Waals surface area contributed by atoms with Gasteiger partial charge in [0.05, 0.1) is 0 Å². The Balaban J connectivity index is 2.10. The Bertz CT molecular complexity index is 364. The third kappa shape index (κ3) is 2.43. The maximum Gasteiger partial charge on any atom is 0.221 e. The average Bonchev–Trinajstić information content (AvgIpc) is 2.27. The molecule has 2 rings (SSSR count). The molecule has 2 atom stereocenters. The fourth-order valence-electron chi connectivity index (χ4n) is 2.31. The van der Waals surface area contributed by atoms with Gasteiger partial charge in [0.25, 0.3) is 0 Å². The number of anilines is 2. The lowest BCUT2D eigenvalue weighted by molar-refractivity contribution is 0.349. The molecule has 0 amide bonds. The van der Waals surface area contributed by atoms with Gasteiger partial charge in [-0.05, 0) is 25.7 Å². The van der Waals surface area contributed by atoms with Crippen LogP contribution in [0, 0.1) is 12.8 Å². The molecule has 1 aliphatic rings. The predicted molar refractivity (Wildman–Crippen MR) is 66.2 cm³/mol. The van der Waals surface area contributed by atoms with E-state index in [1.165, 1.54) is 25.7 Å². The molecule has 0 saturated heterocycles. The van der Waals surface area contributed by atoms with Gasteiger partial charge in [-0.2, -0.15) is 4.98 Å². The maximum absolute atomic E-state index is 5.61. The van der Waals surface area contributed by atoms with Crippen LogP contribution in [0.25, 0.3) is 0 Å². The van der Waals surface area contributed by atoms with Gasteiger partial charge in [0.2, 0.25) is 5.95 Å². The minimum absolute atomic E-state index is 0.344. The molecule has 1 aliphatic carbocycles. The molecule has 3 N–H and O–H groups in total. The zero-order valence-electron chi connectivity index (χ0n) is 10.0. The van der Waals surface area contributed by atoms with Crippen molar-refractivity contribution in [2.75, 3.05) is 11.1 Å². The van der Waals surface area contributed by atoms with E-state index in [4.69, 9.17) is 5.73 Å². The Morgan fingerprint density at radius 1 is 1.38 bits per heavy atom. The lowest BCUT2D eigenvalue weighted by Gasteiger charge is -2.30. The van der Waals surface area contributed by atoms with Crippen molar-refractivity contribution in [2.24, 2.45) is 5.92 Å². The predicted octanol–water partition coefficient (Wildman–Crippen LogP) is 2.36. The summed E-state index contributed by atoms with van der Waals surface area (Å²) >= 11 is 0. The Morgan fingerprint density at radius 3 is 2.88 bits per heavy atom. The summed E-state index contributed by atoms with van der Waals surface area (Å²) in [6.07, 6.45) is 6.96. The number of hydrogen-bond donors (Lipinski definition) is 2. The summed E-state index contributed by atoms with van der Waals surface area (Å²) in [7, 11) is 0. The van der Waals surface area contributed by atoms with Gasteiger partial charge in [-0.15, -0.1) is 0 Å². The Labute approximate surface area is 96.7 Å². The van der Waals surface area contributed by atoms with Gasteiger partial charge in [-0.3, -0.25) is 0 Å². The van der Waals surface area contributed by atoms with Gasteiger partial charge in [-0.1, -0.05) is 19.8 Å². The fraction of sp³-hybridized carbons (Fsp3) is 0.667. The second-order valence-electron chi connectivity index (χ2n) is 4.77. The first kappa shape index (κ1) is 11.2. The second-order valence-corrected chi connectivity index (χ2v) is 4.77. The molecule has 4 nitrogen and oxygen atoms in total. The summed E-state index contributed by atoms with van der Waals surface area (Å²) in [6.45, 7) is 4.31. The Morgan fingerprint density at radius 2 is 2.12 bits per heavy atom. The van der Waals surface area contributed by atoms with E-state index in [0.29, 0.717) is 17.9 Å². The molecule has 0 aromatic carbocycles. The lowest BCUT2D eigenvalue weighted by Crippen LogP contribution is -2.31. The van der Waals surface area contributed by atoms with Gasteiger partial charge < -0.3 is 11.1 Å². The summed E-state index contributed by atoms with van der Waals surface area (Å²) in [6, 6.07) is 0.529. The molecule has 0 radical (unpaired) electrons. The van der Waals surface area contributed by atoms with E-state index < -0.39 is 0 Å². The third-order valence-electron chi connectivity index (χ3n) is 3.42. The number of nitrogens with zero attached hydrogens (tertiary/aromatic N) is 2. The van der Waals surface area contributed by atoms with Crippen molar-refractivity contribution in [2.45, 2.75) is 45.6 Å². The summed E-state index contributed by atoms with van der Waals surface area (Å²) in [5.41, 5.74) is 6.67. The van der Waals surface area contributed by atoms with Crippen molar-refractivity contribution in [3.63, 3.8) is 0 Å². The first-order chi connectivity index (χ1) is 7.66. The van der Waals surface area contributed by atoms with Gasteiger partial charge in [0, 0.05) is 17.8 Å². The van der Waals surface area contributed by atoms with Gasteiger partial charge >= 0.3 is 0 Å². The normalized spacial score (nSPS) is 25.4. The molecule has 1 heterocycles. The van der Waals surface area contributed by atoms with Crippen LogP contribution in [0.3, 0.4) is 0 Å². The quantitative estimate of drug-likeness (QED) is 0.803. The highest BCUT2D eigenvalue weighted by Gasteiger charge is 2.21. The highest BCUT2D eigenvalue weighted by atomic mass is 15.1. The molecule has 1 aromatic heterocycles. The SMILES string of the molecule is Cc1cnc(N)nc1NC1CCCCC1C. The van der Waals surface area contributed by atoms with E-state index in [9.17, 15) is 0 Å². The molecule has 88 valence electrons. The number of nitrogens with two attached hydrogens (primary N) is 1. The standard InChI is InChI=1S/C12H20N4/c1-8-5-3-4-6-10(8)15-11-9(2)7-14-12(13)16-11/h7-8,10H,3-6H2,1-2H3,(H3,13,14,15,16). The molecular formula is C12H20N4. The van der Waals surface area contributed by atoms with E-state index in [1.54, 1.807) is 6.20 Å². The molecular weight excluding hydrogens is 200 g/mol. The van der Waals surface area contributed by atoms with Gasteiger partial charge in [0.1, 0.15) is 5.82 Å². The fourth-order valence-corrected chi connectivity index (χ4v) is 2.31. The first-order valence-electron chi connectivity index (χ1n) is 6.02. The Kier molecular flexibility index (Phi) is 3.27. The van der Waals surface area contributed by atoms with E-state index in [0.717, 1.165) is 11.4 Å². The molecule has 0 spiro atoms. The number of hydrogen-bond acceptors (Lipinski definition) is 4. The number of aryl methyl sites for hydroxylation is 1. The Hall–Kier alpha value is -1.32. The van der Waals surface area contributed by atoms with Gasteiger partial charge in [0.15, 0.2) is 0 Å². The summed E-state index contributed by atoms with van der Waals surface area (Å²) < 4.78 is 0. The maximum atomic E-state index is 5.61. The van der Waals surface area contributed by atoms with Crippen LogP contribution in [-0.2, 0) is 0 Å². The minimum Gasteiger partial charge on any atom is -0.368 e. The van der Waals surface area contributed by atoms with Crippen molar-refractivity contribution in [1.29, 1.82) is 0 Å². The van der Waals surface area contributed by atoms with Crippen LogP contribution >= 0.6 is 0 Å². The molecule has 0 bridgehead atoms. The number of rotatable bonds is 2. The average molecular weight is 220 g/mol. The highest BCUT2D eigenvalue weighted by molar-refractivity contribution is 5.46. The number of aromatic nitrogens is 2. The van der Waals surface area contributed by atoms with E-state index in [1.807, 2.05) is 6.92 Å². The molecule has 0 aliphatic heterocycles. The monoisotopic (exact) mass is 220 g/mol. The zero-order chi connectivity index (χ0) is 11.5. The van der Waals surface area contributed by atoms with Crippen molar-refractivity contribution in [3.05, 3.63) is 11.8 Å². The van der Waals surface area contributed by atoms with Gasteiger partial charge in [-0.25, -0.2) is 4.98 Å². The second kappa shape index (κ2) is 4.68. The number of nitrogen functional groups attached to an aromatic ring is 1. The molecule has 2 unspecified atom stereocenters. The highest BCUT2D eigenvalue weighted by Crippen LogP contribution is 2.27. The van der Waals surface area contributed by atoms with Crippen molar-refractivity contribution >= 4 is 11.8 Å². The largest absolute Gasteiger partial charge is 0.368 e. The van der Waals surface area contributed by atoms with Crippen LogP contribution in [0.15, 0.2) is 6.20 Å². The van der Waals surface area contributed by atoms with Crippen molar-refractivity contribution in [1.82, 2.24) is 9.97 Å². The molecule has 1 saturated carbocycles. The topological polar surface area (TPSA) is 63.8 Å². The van der Waals surface area contributed by atoms with Crippen LogP contribution in [-0.4, -0.2) is 16.0 Å². The third-order valence-corrected chi connectivity index (χ3v) is 3.42. The van der Waals surface area contributed by atoms with Crippen LogP contribution in [0.5, 0.6) is 0 Å². The van der Waals surface area contributed by atoms with Crippen LogP contribution < -0.4 is 11.1 Å². The molecule has 16 heavy (non-hydrogen) atoms. The van der Waals surface area contributed by atoms with Crippen LogP contribution in [0.4, 0.5) is 11.8 Å². The van der Waals surface area contributed by atoms with E-state index >= 15 is 0 Å². The smallest absolute Gasteiger partial charge is 0.221 e. The molecule has 4 heteroatoms. The summed E-state index contributed by atoms with van der Waals surface area (Å²) in [5.74, 6) is 1.95. The number of nitrogens with one attached hydrogen (secondary N) is 1. The van der Waals surface area contributed by atoms with Crippen molar-refractivity contribution in [3.8, 4) is 0 Å². The molecule has 1 fully saturated rings. The summed E-state index contributed by atoms with van der Waals surface area (Å²) in [5, 5.41) is 3.51. The van der Waals surface area contributed by atoms with E-state index in [-0.39, 0.29) is 0 Å². The van der Waals surface area contributed by atoms with E-state index in [2.05, 4.69) is 22.2 Å². The van der Waals surface area contributed by atoms with Crippen molar-refractivity contribution < 1.29 is 0 Å². The van der Waals surface area contributed by atoms with Crippen LogP contribution in [0.1, 0.15) is 38.2 Å². The minimum atomic E-state index is 0.344. The van der Waals surface area contributed by atoms with Crippen LogP contribution in [0.2, 0.25) is 0 Å². The summed E-state index contributed by atoms with van der Waals surface area (Å²) in [4.78, 5) is 8.23. The first-order valence-corrected chi connectivity index (χ1v) is 6.02.